The van der Waals surface area contributed by atoms with Crippen LogP contribution in [0.2, 0.25) is 0 Å². The molecule has 17 heavy (non-hydrogen) atoms. The fourth-order valence-corrected chi connectivity index (χ4v) is 1.73. The fourth-order valence-electron chi connectivity index (χ4n) is 1.25. The van der Waals surface area contributed by atoms with E-state index in [0.717, 1.165) is 10.0 Å². The monoisotopic (exact) mass is 301 g/mol. The molecule has 1 rings (SSSR count). The van der Waals surface area contributed by atoms with E-state index in [9.17, 15) is 4.79 Å². The first-order chi connectivity index (χ1) is 7.95. The number of nitrogen functional groups attached to an aromatic ring is 1. The number of hydrogen-bond acceptors (Lipinski definition) is 4. The van der Waals surface area contributed by atoms with E-state index in [4.69, 9.17) is 15.2 Å². The van der Waals surface area contributed by atoms with E-state index in [0.29, 0.717) is 11.3 Å². The van der Waals surface area contributed by atoms with Crippen LogP contribution in [0.3, 0.4) is 0 Å². The maximum atomic E-state index is 11.8. The first kappa shape index (κ1) is 14.0. The Morgan fingerprint density at radius 2 is 2.18 bits per heavy atom. The summed E-state index contributed by atoms with van der Waals surface area (Å²) >= 11 is 3.30. The van der Waals surface area contributed by atoms with Gasteiger partial charge in [-0.05, 0) is 31.5 Å². The summed E-state index contributed by atoms with van der Waals surface area (Å²) in [5.41, 5.74) is 7.54. The third-order valence-electron chi connectivity index (χ3n) is 2.48. The molecule has 0 fully saturated rings. The number of ether oxygens (including phenoxy) is 2. The number of carbonyl (C=O) groups is 1. The van der Waals surface area contributed by atoms with Gasteiger partial charge in [0.1, 0.15) is 6.61 Å². The zero-order valence-electron chi connectivity index (χ0n) is 10.1. The number of methoxy groups -OCH3 is 1. The Hall–Kier alpha value is -1.07. The number of hydrogen-bond donors (Lipinski definition) is 1. The van der Waals surface area contributed by atoms with Crippen molar-refractivity contribution in [3.63, 3.8) is 0 Å². The molecule has 0 aliphatic rings. The van der Waals surface area contributed by atoms with Gasteiger partial charge in [-0.15, -0.1) is 0 Å². The molecule has 2 N–H and O–H groups in total. The standard InChI is InChI=1S/C12H16BrNO3/c1-7(16-3)6-17-12(15)10-4-9(13)5-11(14)8(10)2/h4-5,7H,6,14H2,1-3H3. The van der Waals surface area contributed by atoms with Crippen LogP contribution in [0.5, 0.6) is 0 Å². The van der Waals surface area contributed by atoms with Crippen LogP contribution < -0.4 is 5.73 Å². The minimum absolute atomic E-state index is 0.122. The summed E-state index contributed by atoms with van der Waals surface area (Å²) in [6.45, 7) is 3.84. The first-order valence-corrected chi connectivity index (χ1v) is 6.00. The van der Waals surface area contributed by atoms with Gasteiger partial charge >= 0.3 is 5.97 Å². The van der Waals surface area contributed by atoms with E-state index in [1.54, 1.807) is 26.2 Å². The second-order valence-electron chi connectivity index (χ2n) is 3.81. The van der Waals surface area contributed by atoms with Crippen LogP contribution in [-0.4, -0.2) is 25.8 Å². The molecule has 1 unspecified atom stereocenters. The van der Waals surface area contributed by atoms with E-state index < -0.39 is 0 Å². The van der Waals surface area contributed by atoms with Crippen molar-refractivity contribution in [3.05, 3.63) is 27.7 Å². The Morgan fingerprint density at radius 1 is 1.53 bits per heavy atom. The van der Waals surface area contributed by atoms with Crippen molar-refractivity contribution in [1.82, 2.24) is 0 Å². The SMILES string of the molecule is COC(C)COC(=O)c1cc(Br)cc(N)c1C. The number of benzene rings is 1. The molecule has 0 bridgehead atoms. The molecule has 4 nitrogen and oxygen atoms in total. The van der Waals surface area contributed by atoms with Gasteiger partial charge in [-0.1, -0.05) is 15.9 Å². The molecule has 0 aliphatic heterocycles. The predicted molar refractivity (Wildman–Crippen MR) is 70.0 cm³/mol. The highest BCUT2D eigenvalue weighted by molar-refractivity contribution is 9.10. The molecular formula is C12H16BrNO3. The van der Waals surface area contributed by atoms with Gasteiger partial charge in [0.2, 0.25) is 0 Å². The van der Waals surface area contributed by atoms with Crippen LogP contribution in [0.15, 0.2) is 16.6 Å². The quantitative estimate of drug-likeness (QED) is 0.686. The molecule has 0 saturated heterocycles. The molecular weight excluding hydrogens is 286 g/mol. The average Bonchev–Trinajstić information content (AvgIpc) is 2.30. The summed E-state index contributed by atoms with van der Waals surface area (Å²) in [4.78, 5) is 11.8. The molecule has 0 spiro atoms. The molecule has 0 aliphatic carbocycles. The van der Waals surface area contributed by atoms with E-state index in [1.165, 1.54) is 0 Å². The molecule has 0 aromatic heterocycles. The number of nitrogens with two attached hydrogens (primary N) is 1. The molecule has 0 radical (unpaired) electrons. The van der Waals surface area contributed by atoms with Crippen molar-refractivity contribution in [1.29, 1.82) is 0 Å². The minimum Gasteiger partial charge on any atom is -0.459 e. The highest BCUT2D eigenvalue weighted by Gasteiger charge is 2.14. The summed E-state index contributed by atoms with van der Waals surface area (Å²) in [7, 11) is 1.57. The molecule has 0 saturated carbocycles. The summed E-state index contributed by atoms with van der Waals surface area (Å²) in [6, 6.07) is 3.45. The van der Waals surface area contributed by atoms with Crippen LogP contribution in [0.4, 0.5) is 5.69 Å². The van der Waals surface area contributed by atoms with Crippen LogP contribution in [-0.2, 0) is 9.47 Å². The smallest absolute Gasteiger partial charge is 0.338 e. The van der Waals surface area contributed by atoms with Gasteiger partial charge in [-0.2, -0.15) is 0 Å². The largest absolute Gasteiger partial charge is 0.459 e. The minimum atomic E-state index is -0.389. The maximum Gasteiger partial charge on any atom is 0.338 e. The third-order valence-corrected chi connectivity index (χ3v) is 2.94. The van der Waals surface area contributed by atoms with Crippen LogP contribution in [0, 0.1) is 6.92 Å². The van der Waals surface area contributed by atoms with E-state index >= 15 is 0 Å². The number of anilines is 1. The van der Waals surface area contributed by atoms with E-state index in [1.807, 2.05) is 6.92 Å². The fraction of sp³-hybridized carbons (Fsp3) is 0.417. The molecule has 1 atom stereocenters. The molecule has 94 valence electrons. The molecule has 0 amide bonds. The van der Waals surface area contributed by atoms with Gasteiger partial charge in [0, 0.05) is 17.3 Å². The van der Waals surface area contributed by atoms with Gasteiger partial charge in [-0.3, -0.25) is 0 Å². The van der Waals surface area contributed by atoms with E-state index in [-0.39, 0.29) is 18.7 Å². The van der Waals surface area contributed by atoms with Crippen molar-refractivity contribution < 1.29 is 14.3 Å². The van der Waals surface area contributed by atoms with Gasteiger partial charge < -0.3 is 15.2 Å². The van der Waals surface area contributed by atoms with Crippen molar-refractivity contribution in [2.45, 2.75) is 20.0 Å². The Balaban J connectivity index is 2.82. The second kappa shape index (κ2) is 6.02. The lowest BCUT2D eigenvalue weighted by atomic mass is 10.1. The highest BCUT2D eigenvalue weighted by Crippen LogP contribution is 2.23. The second-order valence-corrected chi connectivity index (χ2v) is 4.73. The maximum absolute atomic E-state index is 11.8. The van der Waals surface area contributed by atoms with Crippen molar-refractivity contribution >= 4 is 27.6 Å². The summed E-state index contributed by atoms with van der Waals surface area (Å²) < 4.78 is 10.9. The average molecular weight is 302 g/mol. The Kier molecular flexibility index (Phi) is 4.96. The third kappa shape index (κ3) is 3.71. The number of halogens is 1. The Morgan fingerprint density at radius 3 is 2.76 bits per heavy atom. The van der Waals surface area contributed by atoms with Crippen molar-refractivity contribution in [2.75, 3.05) is 19.5 Å². The zero-order chi connectivity index (χ0) is 13.0. The van der Waals surface area contributed by atoms with Gasteiger partial charge in [0.25, 0.3) is 0 Å². The lowest BCUT2D eigenvalue weighted by Crippen LogP contribution is -2.18. The van der Waals surface area contributed by atoms with Crippen molar-refractivity contribution in [3.8, 4) is 0 Å². The number of esters is 1. The Labute approximate surface area is 109 Å². The first-order valence-electron chi connectivity index (χ1n) is 5.21. The highest BCUT2D eigenvalue weighted by atomic mass is 79.9. The topological polar surface area (TPSA) is 61.5 Å². The van der Waals surface area contributed by atoms with Gasteiger partial charge in [-0.25, -0.2) is 4.79 Å². The van der Waals surface area contributed by atoms with Crippen LogP contribution in [0.1, 0.15) is 22.8 Å². The van der Waals surface area contributed by atoms with Crippen LogP contribution >= 0.6 is 15.9 Å². The predicted octanol–water partition coefficient (Wildman–Crippen LogP) is 2.53. The lowest BCUT2D eigenvalue weighted by molar-refractivity contribution is 0.0168. The summed E-state index contributed by atoms with van der Waals surface area (Å²) in [5.74, 6) is -0.389. The number of rotatable bonds is 4. The zero-order valence-corrected chi connectivity index (χ0v) is 11.7. The number of carbonyl (C=O) groups excluding carboxylic acids is 1. The lowest BCUT2D eigenvalue weighted by Gasteiger charge is -2.12. The molecule has 1 aromatic rings. The molecule has 1 aromatic carbocycles. The Bertz CT molecular complexity index is 420. The van der Waals surface area contributed by atoms with Gasteiger partial charge in [0.15, 0.2) is 0 Å². The van der Waals surface area contributed by atoms with Crippen molar-refractivity contribution in [2.24, 2.45) is 0 Å². The normalized spacial score (nSPS) is 12.2. The molecule has 0 heterocycles. The van der Waals surface area contributed by atoms with E-state index in [2.05, 4.69) is 15.9 Å². The van der Waals surface area contributed by atoms with Gasteiger partial charge in [0.05, 0.1) is 11.7 Å². The summed E-state index contributed by atoms with van der Waals surface area (Å²) in [5, 5.41) is 0. The molecule has 5 heteroatoms. The summed E-state index contributed by atoms with van der Waals surface area (Å²) in [6.07, 6.45) is -0.122. The van der Waals surface area contributed by atoms with Crippen LogP contribution in [0.25, 0.3) is 0 Å².